The number of rotatable bonds is 7. The minimum absolute atomic E-state index is 0.288. The minimum atomic E-state index is -0.890. The lowest BCUT2D eigenvalue weighted by Gasteiger charge is -2.17. The SMILES string of the molecule is COc1ccc(CCc2cccc(C(=O)O)c2)cc1OC1CCCC1. The standard InChI is InChI=1S/C21H24O4/c1-24-19-12-11-16(14-20(19)25-18-7-2-3-8-18)10-9-15-5-4-6-17(13-15)21(22)23/h4-6,11-14,18H,2-3,7-10H2,1H3,(H,22,23). The van der Waals surface area contributed by atoms with Crippen LogP contribution in [0.15, 0.2) is 42.5 Å². The predicted molar refractivity (Wildman–Crippen MR) is 96.7 cm³/mol. The molecule has 0 unspecified atom stereocenters. The third-order valence-electron chi connectivity index (χ3n) is 4.70. The topological polar surface area (TPSA) is 55.8 Å². The number of hydrogen-bond acceptors (Lipinski definition) is 3. The van der Waals surface area contributed by atoms with Crippen LogP contribution in [0.5, 0.6) is 11.5 Å². The summed E-state index contributed by atoms with van der Waals surface area (Å²) in [5.74, 6) is 0.688. The average molecular weight is 340 g/mol. The molecule has 0 aliphatic heterocycles. The van der Waals surface area contributed by atoms with Crippen LogP contribution < -0.4 is 9.47 Å². The van der Waals surface area contributed by atoms with Crippen molar-refractivity contribution in [1.29, 1.82) is 0 Å². The highest BCUT2D eigenvalue weighted by Crippen LogP contribution is 2.32. The molecule has 25 heavy (non-hydrogen) atoms. The summed E-state index contributed by atoms with van der Waals surface area (Å²) in [4.78, 5) is 11.1. The molecule has 0 amide bonds. The number of aromatic carboxylic acids is 1. The largest absolute Gasteiger partial charge is 0.493 e. The second-order valence-corrected chi connectivity index (χ2v) is 6.52. The summed E-state index contributed by atoms with van der Waals surface area (Å²) in [6.45, 7) is 0. The first-order valence-electron chi connectivity index (χ1n) is 8.81. The summed E-state index contributed by atoms with van der Waals surface area (Å²) < 4.78 is 11.6. The Bertz CT molecular complexity index is 732. The summed E-state index contributed by atoms with van der Waals surface area (Å²) in [5, 5.41) is 9.09. The molecule has 1 N–H and O–H groups in total. The maximum absolute atomic E-state index is 11.1. The molecule has 0 heterocycles. The zero-order valence-corrected chi connectivity index (χ0v) is 14.5. The Kier molecular flexibility index (Phi) is 5.59. The monoisotopic (exact) mass is 340 g/mol. The van der Waals surface area contributed by atoms with E-state index in [1.54, 1.807) is 25.3 Å². The van der Waals surface area contributed by atoms with Gasteiger partial charge in [0.1, 0.15) is 0 Å². The normalized spacial score (nSPS) is 14.4. The van der Waals surface area contributed by atoms with Crippen molar-refractivity contribution in [3.8, 4) is 11.5 Å². The first kappa shape index (κ1) is 17.3. The van der Waals surface area contributed by atoms with Crippen molar-refractivity contribution in [2.75, 3.05) is 7.11 Å². The van der Waals surface area contributed by atoms with Crippen LogP contribution in [0.25, 0.3) is 0 Å². The number of ether oxygens (including phenoxy) is 2. The Morgan fingerprint density at radius 2 is 1.76 bits per heavy atom. The van der Waals surface area contributed by atoms with E-state index in [-0.39, 0.29) is 6.10 Å². The molecule has 132 valence electrons. The van der Waals surface area contributed by atoms with Crippen LogP contribution in [-0.2, 0) is 12.8 Å². The Morgan fingerprint density at radius 3 is 2.44 bits per heavy atom. The molecule has 4 nitrogen and oxygen atoms in total. The van der Waals surface area contributed by atoms with Gasteiger partial charge in [-0.05, 0) is 73.9 Å². The Balaban J connectivity index is 1.69. The Labute approximate surface area is 148 Å². The number of hydrogen-bond donors (Lipinski definition) is 1. The van der Waals surface area contributed by atoms with E-state index >= 15 is 0 Å². The third-order valence-corrected chi connectivity index (χ3v) is 4.70. The van der Waals surface area contributed by atoms with Crippen LogP contribution in [0, 0.1) is 0 Å². The number of benzene rings is 2. The van der Waals surface area contributed by atoms with Gasteiger partial charge in [0.2, 0.25) is 0 Å². The van der Waals surface area contributed by atoms with Gasteiger partial charge >= 0.3 is 5.97 Å². The smallest absolute Gasteiger partial charge is 0.335 e. The van der Waals surface area contributed by atoms with Crippen molar-refractivity contribution in [3.63, 3.8) is 0 Å². The maximum atomic E-state index is 11.1. The molecule has 0 saturated heterocycles. The molecule has 1 aliphatic rings. The zero-order chi connectivity index (χ0) is 17.6. The Hall–Kier alpha value is -2.49. The van der Waals surface area contributed by atoms with Gasteiger partial charge in [-0.25, -0.2) is 4.79 Å². The van der Waals surface area contributed by atoms with E-state index in [2.05, 4.69) is 6.07 Å². The van der Waals surface area contributed by atoms with E-state index in [4.69, 9.17) is 14.6 Å². The minimum Gasteiger partial charge on any atom is -0.493 e. The summed E-state index contributed by atoms with van der Waals surface area (Å²) in [6, 6.07) is 13.2. The quantitative estimate of drug-likeness (QED) is 0.806. The maximum Gasteiger partial charge on any atom is 0.335 e. The average Bonchev–Trinajstić information content (AvgIpc) is 3.13. The van der Waals surface area contributed by atoms with Crippen molar-refractivity contribution in [2.45, 2.75) is 44.6 Å². The Morgan fingerprint density at radius 1 is 1.04 bits per heavy atom. The lowest BCUT2D eigenvalue weighted by molar-refractivity contribution is 0.0696. The lowest BCUT2D eigenvalue weighted by Crippen LogP contribution is -2.11. The first-order chi connectivity index (χ1) is 12.2. The number of carbonyl (C=O) groups is 1. The molecular weight excluding hydrogens is 316 g/mol. The molecule has 0 spiro atoms. The fraction of sp³-hybridized carbons (Fsp3) is 0.381. The van der Waals surface area contributed by atoms with Crippen molar-refractivity contribution in [1.82, 2.24) is 0 Å². The van der Waals surface area contributed by atoms with Crippen LogP contribution in [0.2, 0.25) is 0 Å². The van der Waals surface area contributed by atoms with Gasteiger partial charge in [0, 0.05) is 0 Å². The fourth-order valence-corrected chi connectivity index (χ4v) is 3.30. The van der Waals surface area contributed by atoms with Crippen molar-refractivity contribution in [3.05, 3.63) is 59.2 Å². The van der Waals surface area contributed by atoms with Crippen molar-refractivity contribution < 1.29 is 19.4 Å². The van der Waals surface area contributed by atoms with E-state index in [0.717, 1.165) is 48.3 Å². The number of carboxylic acids is 1. The number of carboxylic acid groups (broad SMARTS) is 1. The lowest BCUT2D eigenvalue weighted by atomic mass is 10.0. The fourth-order valence-electron chi connectivity index (χ4n) is 3.30. The molecule has 4 heteroatoms. The molecule has 0 bridgehead atoms. The van der Waals surface area contributed by atoms with Crippen LogP contribution in [0.4, 0.5) is 0 Å². The molecule has 1 aliphatic carbocycles. The molecule has 0 radical (unpaired) electrons. The van der Waals surface area contributed by atoms with E-state index in [9.17, 15) is 4.79 Å². The van der Waals surface area contributed by atoms with Crippen LogP contribution in [0.1, 0.15) is 47.2 Å². The summed E-state index contributed by atoms with van der Waals surface area (Å²) in [7, 11) is 1.66. The van der Waals surface area contributed by atoms with E-state index < -0.39 is 5.97 Å². The van der Waals surface area contributed by atoms with Gasteiger partial charge in [-0.1, -0.05) is 18.2 Å². The molecule has 0 aromatic heterocycles. The predicted octanol–water partition coefficient (Wildman–Crippen LogP) is 4.50. The van der Waals surface area contributed by atoms with Gasteiger partial charge < -0.3 is 14.6 Å². The summed E-state index contributed by atoms with van der Waals surface area (Å²) in [6.07, 6.45) is 6.57. The van der Waals surface area contributed by atoms with Crippen molar-refractivity contribution >= 4 is 5.97 Å². The highest BCUT2D eigenvalue weighted by molar-refractivity contribution is 5.87. The molecular formula is C21H24O4. The molecule has 2 aromatic rings. The van der Waals surface area contributed by atoms with Gasteiger partial charge in [0.15, 0.2) is 11.5 Å². The van der Waals surface area contributed by atoms with E-state index in [1.165, 1.54) is 12.8 Å². The second kappa shape index (κ2) is 8.06. The van der Waals surface area contributed by atoms with Crippen LogP contribution in [0.3, 0.4) is 0 Å². The number of aryl methyl sites for hydroxylation is 2. The second-order valence-electron chi connectivity index (χ2n) is 6.52. The zero-order valence-electron chi connectivity index (χ0n) is 14.5. The van der Waals surface area contributed by atoms with Gasteiger partial charge in [-0.2, -0.15) is 0 Å². The molecule has 1 saturated carbocycles. The highest BCUT2D eigenvalue weighted by atomic mass is 16.5. The van der Waals surface area contributed by atoms with Crippen molar-refractivity contribution in [2.24, 2.45) is 0 Å². The van der Waals surface area contributed by atoms with E-state index in [0.29, 0.717) is 5.56 Å². The summed E-state index contributed by atoms with van der Waals surface area (Å²) in [5.41, 5.74) is 2.51. The molecule has 3 rings (SSSR count). The van der Waals surface area contributed by atoms with Crippen LogP contribution in [-0.4, -0.2) is 24.3 Å². The van der Waals surface area contributed by atoms with Gasteiger partial charge in [0.25, 0.3) is 0 Å². The van der Waals surface area contributed by atoms with E-state index in [1.807, 2.05) is 18.2 Å². The first-order valence-corrected chi connectivity index (χ1v) is 8.81. The van der Waals surface area contributed by atoms with Gasteiger partial charge in [0.05, 0.1) is 18.8 Å². The van der Waals surface area contributed by atoms with Gasteiger partial charge in [-0.3, -0.25) is 0 Å². The summed E-state index contributed by atoms with van der Waals surface area (Å²) >= 11 is 0. The van der Waals surface area contributed by atoms with Crippen LogP contribution >= 0.6 is 0 Å². The molecule has 1 fully saturated rings. The molecule has 0 atom stereocenters. The number of methoxy groups -OCH3 is 1. The third kappa shape index (κ3) is 4.53. The highest BCUT2D eigenvalue weighted by Gasteiger charge is 2.18. The molecule has 2 aromatic carbocycles. The van der Waals surface area contributed by atoms with Gasteiger partial charge in [-0.15, -0.1) is 0 Å².